The molecule has 8 heteroatoms. The van der Waals surface area contributed by atoms with Crippen LogP contribution in [0.5, 0.6) is 0 Å². The Hall–Kier alpha value is -1.50. The van der Waals surface area contributed by atoms with E-state index in [1.54, 1.807) is 0 Å². The predicted molar refractivity (Wildman–Crippen MR) is 78.1 cm³/mol. The number of hydrogen-bond acceptors (Lipinski definition) is 3. The number of nitrogens with two attached hydrogens (primary N) is 1. The van der Waals surface area contributed by atoms with Crippen LogP contribution in [0.4, 0.5) is 15.8 Å². The van der Waals surface area contributed by atoms with E-state index in [2.05, 4.69) is 4.72 Å². The maximum Gasteiger partial charge on any atom is 0.263 e. The lowest BCUT2D eigenvalue weighted by Gasteiger charge is -2.10. The molecule has 0 saturated carbocycles. The molecule has 20 heavy (non-hydrogen) atoms. The third kappa shape index (κ3) is 3.15. The van der Waals surface area contributed by atoms with Crippen molar-refractivity contribution in [1.29, 1.82) is 0 Å². The third-order valence-corrected chi connectivity index (χ3v) is 4.59. The van der Waals surface area contributed by atoms with Crippen LogP contribution in [0.15, 0.2) is 41.3 Å². The maximum absolute atomic E-state index is 13.3. The quantitative estimate of drug-likeness (QED) is 0.843. The van der Waals surface area contributed by atoms with Crippen LogP contribution in [0.2, 0.25) is 10.0 Å². The van der Waals surface area contributed by atoms with Gasteiger partial charge in [-0.05, 0) is 36.4 Å². The minimum Gasteiger partial charge on any atom is -0.399 e. The first-order valence-corrected chi connectivity index (χ1v) is 7.56. The molecule has 0 aliphatic carbocycles. The summed E-state index contributed by atoms with van der Waals surface area (Å²) >= 11 is 11.4. The van der Waals surface area contributed by atoms with Crippen molar-refractivity contribution in [2.45, 2.75) is 4.90 Å². The fourth-order valence-corrected chi connectivity index (χ4v) is 3.20. The first-order chi connectivity index (χ1) is 9.29. The second-order valence-electron chi connectivity index (χ2n) is 3.92. The van der Waals surface area contributed by atoms with Crippen LogP contribution in [0, 0.1) is 5.82 Å². The molecule has 0 radical (unpaired) electrons. The van der Waals surface area contributed by atoms with Crippen molar-refractivity contribution in [2.75, 3.05) is 10.5 Å². The van der Waals surface area contributed by atoms with E-state index in [1.165, 1.54) is 30.3 Å². The average Bonchev–Trinajstić information content (AvgIpc) is 2.36. The molecule has 0 bridgehead atoms. The Morgan fingerprint density at radius 3 is 2.35 bits per heavy atom. The fourth-order valence-electron chi connectivity index (χ4n) is 1.50. The van der Waals surface area contributed by atoms with E-state index in [-0.39, 0.29) is 26.3 Å². The van der Waals surface area contributed by atoms with Gasteiger partial charge in [-0.2, -0.15) is 0 Å². The molecule has 0 spiro atoms. The van der Waals surface area contributed by atoms with Crippen molar-refractivity contribution in [3.05, 3.63) is 52.3 Å². The molecule has 0 fully saturated rings. The molecule has 0 aliphatic rings. The first-order valence-electron chi connectivity index (χ1n) is 5.32. The van der Waals surface area contributed by atoms with Crippen LogP contribution >= 0.6 is 23.2 Å². The van der Waals surface area contributed by atoms with Gasteiger partial charge in [0.1, 0.15) is 10.7 Å². The van der Waals surface area contributed by atoms with Gasteiger partial charge in [0.05, 0.1) is 15.7 Å². The maximum atomic E-state index is 13.3. The summed E-state index contributed by atoms with van der Waals surface area (Å²) < 4.78 is 39.8. The summed E-state index contributed by atoms with van der Waals surface area (Å²) in [6.07, 6.45) is 0. The standard InChI is InChI=1S/C12H9Cl2FN2O2S/c13-9-4-2-8(6-11(9)15)17-20(18,19)12-5-7(16)1-3-10(12)14/h1-6,17H,16H2. The molecule has 2 rings (SSSR count). The van der Waals surface area contributed by atoms with Gasteiger partial charge in [-0.25, -0.2) is 12.8 Å². The highest BCUT2D eigenvalue weighted by atomic mass is 35.5. The van der Waals surface area contributed by atoms with Crippen molar-refractivity contribution in [2.24, 2.45) is 0 Å². The van der Waals surface area contributed by atoms with Gasteiger partial charge in [-0.15, -0.1) is 0 Å². The van der Waals surface area contributed by atoms with E-state index in [0.717, 1.165) is 6.07 Å². The zero-order valence-corrected chi connectivity index (χ0v) is 12.2. The van der Waals surface area contributed by atoms with Crippen LogP contribution in [0.1, 0.15) is 0 Å². The number of sulfonamides is 1. The molecule has 3 N–H and O–H groups in total. The molecule has 0 aromatic heterocycles. The van der Waals surface area contributed by atoms with E-state index in [9.17, 15) is 12.8 Å². The summed E-state index contributed by atoms with van der Waals surface area (Å²) in [6, 6.07) is 7.62. The molecule has 2 aromatic carbocycles. The Morgan fingerprint density at radius 2 is 1.70 bits per heavy atom. The highest BCUT2D eigenvalue weighted by molar-refractivity contribution is 7.92. The van der Waals surface area contributed by atoms with Gasteiger partial charge in [0.15, 0.2) is 0 Å². The van der Waals surface area contributed by atoms with Gasteiger partial charge in [-0.3, -0.25) is 4.72 Å². The summed E-state index contributed by atoms with van der Waals surface area (Å²) in [5.74, 6) is -0.731. The molecule has 0 amide bonds. The number of rotatable bonds is 3. The normalized spacial score (nSPS) is 11.3. The Kier molecular flexibility index (Phi) is 4.08. The van der Waals surface area contributed by atoms with Gasteiger partial charge in [0, 0.05) is 5.69 Å². The van der Waals surface area contributed by atoms with Crippen molar-refractivity contribution in [1.82, 2.24) is 0 Å². The zero-order valence-electron chi connectivity index (χ0n) is 9.90. The fraction of sp³-hybridized carbons (Fsp3) is 0. The van der Waals surface area contributed by atoms with Gasteiger partial charge >= 0.3 is 0 Å². The summed E-state index contributed by atoms with van der Waals surface area (Å²) in [5.41, 5.74) is 5.81. The van der Waals surface area contributed by atoms with Gasteiger partial charge in [-0.1, -0.05) is 23.2 Å². The van der Waals surface area contributed by atoms with Crippen molar-refractivity contribution in [3.8, 4) is 0 Å². The van der Waals surface area contributed by atoms with Crippen LogP contribution in [0.3, 0.4) is 0 Å². The molecular weight excluding hydrogens is 326 g/mol. The summed E-state index contributed by atoms with van der Waals surface area (Å²) in [7, 11) is -3.97. The van der Waals surface area contributed by atoms with Crippen molar-refractivity contribution in [3.63, 3.8) is 0 Å². The van der Waals surface area contributed by atoms with E-state index in [0.29, 0.717) is 0 Å². The second-order valence-corrected chi connectivity index (χ2v) is 6.39. The molecular formula is C12H9Cl2FN2O2S. The van der Waals surface area contributed by atoms with Gasteiger partial charge < -0.3 is 5.73 Å². The average molecular weight is 335 g/mol. The lowest BCUT2D eigenvalue weighted by molar-refractivity contribution is 0.601. The molecule has 4 nitrogen and oxygen atoms in total. The lowest BCUT2D eigenvalue weighted by atomic mass is 10.3. The van der Waals surface area contributed by atoms with E-state index in [1.807, 2.05) is 0 Å². The number of hydrogen-bond donors (Lipinski definition) is 2. The minimum absolute atomic E-state index is 0.0149. The zero-order chi connectivity index (χ0) is 14.9. The number of anilines is 2. The smallest absolute Gasteiger partial charge is 0.263 e. The molecule has 0 atom stereocenters. The van der Waals surface area contributed by atoms with E-state index < -0.39 is 15.8 Å². The van der Waals surface area contributed by atoms with E-state index in [4.69, 9.17) is 28.9 Å². The molecule has 0 aliphatic heterocycles. The summed E-state index contributed by atoms with van der Waals surface area (Å²) in [4.78, 5) is -0.186. The van der Waals surface area contributed by atoms with Crippen molar-refractivity contribution >= 4 is 44.6 Å². The molecule has 2 aromatic rings. The molecule has 0 unspecified atom stereocenters. The Labute approximate surface area is 125 Å². The molecule has 0 heterocycles. The largest absolute Gasteiger partial charge is 0.399 e. The monoisotopic (exact) mass is 334 g/mol. The Bertz CT molecular complexity index is 766. The van der Waals surface area contributed by atoms with Crippen molar-refractivity contribution < 1.29 is 12.8 Å². The van der Waals surface area contributed by atoms with Crippen LogP contribution < -0.4 is 10.5 Å². The number of nitrogen functional groups attached to an aromatic ring is 1. The number of nitrogens with one attached hydrogen (secondary N) is 1. The van der Waals surface area contributed by atoms with Gasteiger partial charge in [0.25, 0.3) is 10.0 Å². The van der Waals surface area contributed by atoms with E-state index >= 15 is 0 Å². The molecule has 0 saturated heterocycles. The summed E-state index contributed by atoms with van der Waals surface area (Å²) in [5, 5.41) is -0.0870. The predicted octanol–water partition coefficient (Wildman–Crippen LogP) is 3.52. The number of halogens is 3. The Balaban J connectivity index is 2.40. The van der Waals surface area contributed by atoms with Crippen LogP contribution in [-0.2, 0) is 10.0 Å². The summed E-state index contributed by atoms with van der Waals surface area (Å²) in [6.45, 7) is 0. The highest BCUT2D eigenvalue weighted by Gasteiger charge is 2.19. The van der Waals surface area contributed by atoms with Crippen LogP contribution in [-0.4, -0.2) is 8.42 Å². The highest BCUT2D eigenvalue weighted by Crippen LogP contribution is 2.27. The topological polar surface area (TPSA) is 72.2 Å². The minimum atomic E-state index is -3.97. The molecule has 106 valence electrons. The SMILES string of the molecule is Nc1ccc(Cl)c(S(=O)(=O)Nc2ccc(Cl)c(F)c2)c1. The van der Waals surface area contributed by atoms with Gasteiger partial charge in [0.2, 0.25) is 0 Å². The third-order valence-electron chi connectivity index (χ3n) is 2.42. The second kappa shape index (κ2) is 5.47. The lowest BCUT2D eigenvalue weighted by Crippen LogP contribution is -2.14. The van der Waals surface area contributed by atoms with Crippen LogP contribution in [0.25, 0.3) is 0 Å². The first kappa shape index (κ1) is 14.9. The number of benzene rings is 2. The Morgan fingerprint density at radius 1 is 1.05 bits per heavy atom.